The lowest BCUT2D eigenvalue weighted by atomic mass is 10.0. The van der Waals surface area contributed by atoms with Crippen molar-refractivity contribution in [1.29, 1.82) is 0 Å². The number of nitrogens with zero attached hydrogens (tertiary/aromatic N) is 3. The van der Waals surface area contributed by atoms with Crippen molar-refractivity contribution in [3.63, 3.8) is 0 Å². The third-order valence-corrected chi connectivity index (χ3v) is 4.81. The van der Waals surface area contributed by atoms with Crippen LogP contribution in [-0.4, -0.2) is 25.9 Å². The Labute approximate surface area is 143 Å². The molecule has 1 atom stereocenters. The molecule has 0 aliphatic carbocycles. The molecule has 0 fully saturated rings. The number of hydrogen-bond donors (Lipinski definition) is 1. The molecule has 124 valence electrons. The molecule has 1 unspecified atom stereocenters. The minimum Gasteiger partial charge on any atom is -0.488 e. The highest BCUT2D eigenvalue weighted by Gasteiger charge is 2.29. The maximum atomic E-state index is 12.6. The molecule has 2 aromatic heterocycles. The van der Waals surface area contributed by atoms with Gasteiger partial charge in [0.25, 0.3) is 0 Å². The zero-order chi connectivity index (χ0) is 17.0. The van der Waals surface area contributed by atoms with Crippen LogP contribution >= 0.6 is 0 Å². The van der Waals surface area contributed by atoms with Crippen LogP contribution in [0.4, 0.5) is 0 Å². The average molecular weight is 332 g/mol. The van der Waals surface area contributed by atoms with Gasteiger partial charge in [-0.15, -0.1) is 0 Å². The Morgan fingerprint density at radius 2 is 2.00 bits per heavy atom. The number of benzene rings is 2. The van der Waals surface area contributed by atoms with Crippen LogP contribution in [0, 0.1) is 0 Å². The first-order valence-corrected chi connectivity index (χ1v) is 8.17. The topological polar surface area (TPSA) is 64.8 Å². The standard InChI is InChI=1S/C19H16N4O2/c1-22-15(9-10-20-22)13-7-8-14-17-18(13)25-11-16(23(17)19(24)21-14)12-5-3-2-4-6-12/h2-10,16H,11H2,1H3,(H,21,24). The van der Waals surface area contributed by atoms with E-state index in [-0.39, 0.29) is 11.7 Å². The molecule has 5 rings (SSSR count). The summed E-state index contributed by atoms with van der Waals surface area (Å²) in [4.78, 5) is 15.6. The molecule has 1 N–H and O–H groups in total. The van der Waals surface area contributed by atoms with Crippen LogP contribution in [0.3, 0.4) is 0 Å². The normalized spacial score (nSPS) is 16.1. The minimum atomic E-state index is -0.142. The predicted octanol–water partition coefficient (Wildman–Crippen LogP) is 2.71. The Balaban J connectivity index is 1.80. The molecule has 4 aromatic rings. The summed E-state index contributed by atoms with van der Waals surface area (Å²) >= 11 is 0. The van der Waals surface area contributed by atoms with E-state index in [0.717, 1.165) is 33.6 Å². The van der Waals surface area contributed by atoms with Crippen molar-refractivity contribution in [2.75, 3.05) is 6.61 Å². The fourth-order valence-corrected chi connectivity index (χ4v) is 3.63. The number of aromatic amines is 1. The minimum absolute atomic E-state index is 0.115. The second kappa shape index (κ2) is 5.11. The van der Waals surface area contributed by atoms with Crippen LogP contribution in [0.1, 0.15) is 11.6 Å². The van der Waals surface area contributed by atoms with Gasteiger partial charge in [0, 0.05) is 18.8 Å². The van der Waals surface area contributed by atoms with Gasteiger partial charge in [-0.25, -0.2) is 4.79 Å². The van der Waals surface area contributed by atoms with Crippen molar-refractivity contribution < 1.29 is 4.74 Å². The lowest BCUT2D eigenvalue weighted by molar-refractivity contribution is 0.257. The van der Waals surface area contributed by atoms with Crippen molar-refractivity contribution >= 4 is 11.0 Å². The molecular formula is C19H16N4O2. The summed E-state index contributed by atoms with van der Waals surface area (Å²) in [7, 11) is 1.89. The molecule has 1 aliphatic rings. The van der Waals surface area contributed by atoms with Crippen LogP contribution in [-0.2, 0) is 7.05 Å². The van der Waals surface area contributed by atoms with E-state index in [1.54, 1.807) is 10.9 Å². The lowest BCUT2D eigenvalue weighted by Gasteiger charge is -2.27. The molecule has 0 bridgehead atoms. The highest BCUT2D eigenvalue weighted by molar-refractivity contribution is 5.91. The number of H-pyrrole nitrogens is 1. The monoisotopic (exact) mass is 332 g/mol. The van der Waals surface area contributed by atoms with Gasteiger partial charge in [0.05, 0.1) is 17.3 Å². The summed E-state index contributed by atoms with van der Waals surface area (Å²) in [6, 6.07) is 15.7. The molecule has 0 saturated carbocycles. The van der Waals surface area contributed by atoms with Crippen LogP contribution in [0.2, 0.25) is 0 Å². The molecule has 2 aromatic carbocycles. The molecule has 0 amide bonds. The van der Waals surface area contributed by atoms with E-state index in [1.165, 1.54) is 0 Å². The van der Waals surface area contributed by atoms with E-state index >= 15 is 0 Å². The quantitative estimate of drug-likeness (QED) is 0.614. The maximum Gasteiger partial charge on any atom is 0.327 e. The third kappa shape index (κ3) is 1.97. The third-order valence-electron chi connectivity index (χ3n) is 4.81. The van der Waals surface area contributed by atoms with Gasteiger partial charge < -0.3 is 9.72 Å². The number of ether oxygens (including phenoxy) is 1. The van der Waals surface area contributed by atoms with E-state index in [2.05, 4.69) is 10.1 Å². The van der Waals surface area contributed by atoms with E-state index in [4.69, 9.17) is 4.74 Å². The summed E-state index contributed by atoms with van der Waals surface area (Å²) < 4.78 is 9.78. The van der Waals surface area contributed by atoms with Crippen molar-refractivity contribution in [3.8, 4) is 17.0 Å². The SMILES string of the molecule is Cn1nccc1-c1ccc2[nH]c(=O)n3c2c1OCC3c1ccccc1. The molecule has 0 radical (unpaired) electrons. The Morgan fingerprint density at radius 1 is 1.16 bits per heavy atom. The van der Waals surface area contributed by atoms with Crippen molar-refractivity contribution in [2.24, 2.45) is 7.05 Å². The van der Waals surface area contributed by atoms with Gasteiger partial charge in [-0.2, -0.15) is 5.10 Å². The van der Waals surface area contributed by atoms with Crippen LogP contribution in [0.15, 0.2) is 59.5 Å². The molecule has 0 spiro atoms. The predicted molar refractivity (Wildman–Crippen MR) is 94.8 cm³/mol. The second-order valence-electron chi connectivity index (χ2n) is 6.22. The summed E-state index contributed by atoms with van der Waals surface area (Å²) in [6.45, 7) is 0.415. The number of imidazole rings is 1. The van der Waals surface area contributed by atoms with Crippen LogP contribution in [0.5, 0.6) is 5.75 Å². The van der Waals surface area contributed by atoms with Crippen molar-refractivity contribution in [2.45, 2.75) is 6.04 Å². The van der Waals surface area contributed by atoms with E-state index in [1.807, 2.05) is 60.1 Å². The lowest BCUT2D eigenvalue weighted by Crippen LogP contribution is -2.30. The van der Waals surface area contributed by atoms with Gasteiger partial charge >= 0.3 is 5.69 Å². The van der Waals surface area contributed by atoms with E-state index < -0.39 is 0 Å². The van der Waals surface area contributed by atoms with Crippen molar-refractivity contribution in [1.82, 2.24) is 19.3 Å². The number of aryl methyl sites for hydroxylation is 1. The second-order valence-corrected chi connectivity index (χ2v) is 6.22. The highest BCUT2D eigenvalue weighted by atomic mass is 16.5. The van der Waals surface area contributed by atoms with Crippen molar-refractivity contribution in [3.05, 3.63) is 70.8 Å². The number of hydrogen-bond acceptors (Lipinski definition) is 3. The largest absolute Gasteiger partial charge is 0.488 e. The first-order chi connectivity index (χ1) is 12.2. The fraction of sp³-hybridized carbons (Fsp3) is 0.158. The van der Waals surface area contributed by atoms with Gasteiger partial charge in [-0.1, -0.05) is 30.3 Å². The Kier molecular flexibility index (Phi) is 2.88. The highest BCUT2D eigenvalue weighted by Crippen LogP contribution is 2.40. The summed E-state index contributed by atoms with van der Waals surface area (Å²) in [5.41, 5.74) is 4.43. The van der Waals surface area contributed by atoms with Gasteiger partial charge in [0.1, 0.15) is 12.1 Å². The molecule has 3 heterocycles. The molecule has 1 aliphatic heterocycles. The van der Waals surface area contributed by atoms with Gasteiger partial charge in [-0.3, -0.25) is 9.25 Å². The molecule has 6 nitrogen and oxygen atoms in total. The fourth-order valence-electron chi connectivity index (χ4n) is 3.63. The van der Waals surface area contributed by atoms with E-state index in [0.29, 0.717) is 6.61 Å². The van der Waals surface area contributed by atoms with Gasteiger partial charge in [0.15, 0.2) is 5.75 Å². The number of rotatable bonds is 2. The Morgan fingerprint density at radius 3 is 2.76 bits per heavy atom. The van der Waals surface area contributed by atoms with E-state index in [9.17, 15) is 4.79 Å². The van der Waals surface area contributed by atoms with Gasteiger partial charge in [0.2, 0.25) is 0 Å². The van der Waals surface area contributed by atoms with Crippen LogP contribution < -0.4 is 10.4 Å². The van der Waals surface area contributed by atoms with Gasteiger partial charge in [-0.05, 0) is 23.8 Å². The average Bonchev–Trinajstić information content (AvgIpc) is 3.21. The molecule has 6 heteroatoms. The number of aromatic nitrogens is 4. The summed E-state index contributed by atoms with van der Waals surface area (Å²) in [5, 5.41) is 4.24. The summed E-state index contributed by atoms with van der Waals surface area (Å²) in [5.74, 6) is 0.728. The van der Waals surface area contributed by atoms with Crippen LogP contribution in [0.25, 0.3) is 22.3 Å². The first-order valence-electron chi connectivity index (χ1n) is 8.17. The molecule has 0 saturated heterocycles. The zero-order valence-corrected chi connectivity index (χ0v) is 13.6. The Hall–Kier alpha value is -3.28. The maximum absolute atomic E-state index is 12.6. The first kappa shape index (κ1) is 14.1. The summed E-state index contributed by atoms with van der Waals surface area (Å²) in [6.07, 6.45) is 1.76. The molecule has 25 heavy (non-hydrogen) atoms. The smallest absolute Gasteiger partial charge is 0.327 e. The number of nitrogens with one attached hydrogen (secondary N) is 1. The Bertz CT molecular complexity index is 1140. The zero-order valence-electron chi connectivity index (χ0n) is 13.6. The molecular weight excluding hydrogens is 316 g/mol.